The molecule has 6 nitrogen and oxygen atoms in total. The average molecular weight is 431 g/mol. The summed E-state index contributed by atoms with van der Waals surface area (Å²) < 4.78 is 0. The second kappa shape index (κ2) is 9.73. The van der Waals surface area contributed by atoms with E-state index in [4.69, 9.17) is 0 Å². The maximum Gasteiger partial charge on any atom is 0.251 e. The summed E-state index contributed by atoms with van der Waals surface area (Å²) in [6.45, 7) is 6.44. The number of rotatable bonds is 5. The molecular formula is C26H30N4O2. The van der Waals surface area contributed by atoms with Crippen molar-refractivity contribution in [2.45, 2.75) is 47.1 Å². The molecule has 3 aromatic rings. The van der Waals surface area contributed by atoms with Crippen molar-refractivity contribution < 1.29 is 9.59 Å². The van der Waals surface area contributed by atoms with E-state index in [1.807, 2.05) is 57.2 Å². The average Bonchev–Trinajstić information content (AvgIpc) is 3.20. The van der Waals surface area contributed by atoms with Crippen molar-refractivity contribution in [1.82, 2.24) is 15.3 Å². The van der Waals surface area contributed by atoms with Crippen LogP contribution in [0.5, 0.6) is 0 Å². The van der Waals surface area contributed by atoms with E-state index < -0.39 is 0 Å². The Kier molecular flexibility index (Phi) is 7.03. The normalized spacial score (nSPS) is 14.1. The lowest BCUT2D eigenvalue weighted by molar-refractivity contribution is -0.117. The van der Waals surface area contributed by atoms with Crippen molar-refractivity contribution in [3.63, 3.8) is 0 Å². The summed E-state index contributed by atoms with van der Waals surface area (Å²) in [6.07, 6.45) is 4.83. The first-order valence-electron chi connectivity index (χ1n) is 10.5. The minimum absolute atomic E-state index is 0. The van der Waals surface area contributed by atoms with Crippen molar-refractivity contribution in [2.24, 2.45) is 0 Å². The first-order valence-corrected chi connectivity index (χ1v) is 10.5. The van der Waals surface area contributed by atoms with Gasteiger partial charge in [-0.25, -0.2) is 9.97 Å². The van der Waals surface area contributed by atoms with Crippen molar-refractivity contribution in [3.05, 3.63) is 77.4 Å². The number of carbonyl (C=O) groups is 2. The lowest BCUT2D eigenvalue weighted by atomic mass is 10.00. The Labute approximate surface area is 189 Å². The highest BCUT2D eigenvalue weighted by molar-refractivity contribution is 6.00. The lowest BCUT2D eigenvalue weighted by Gasteiger charge is -2.20. The second-order valence-electron chi connectivity index (χ2n) is 8.04. The molecule has 0 saturated carbocycles. The van der Waals surface area contributed by atoms with Crippen LogP contribution in [0.25, 0.3) is 11.1 Å². The maximum absolute atomic E-state index is 13.1. The third kappa shape index (κ3) is 5.02. The minimum Gasteiger partial charge on any atom is -0.345 e. The zero-order valence-corrected chi connectivity index (χ0v) is 18.1. The van der Waals surface area contributed by atoms with E-state index >= 15 is 0 Å². The number of carbonyl (C=O) groups excluding carboxylic acids is 2. The minimum atomic E-state index is -0.243. The van der Waals surface area contributed by atoms with Crippen LogP contribution in [-0.4, -0.2) is 28.3 Å². The molecule has 2 aromatic carbocycles. The number of nitrogens with one attached hydrogen (secondary N) is 1. The fourth-order valence-corrected chi connectivity index (χ4v) is 3.72. The van der Waals surface area contributed by atoms with Crippen LogP contribution in [0.3, 0.4) is 0 Å². The summed E-state index contributed by atoms with van der Waals surface area (Å²) in [5, 5.41) is 3.03. The number of hydrogen-bond acceptors (Lipinski definition) is 4. The summed E-state index contributed by atoms with van der Waals surface area (Å²) in [5.74, 6) is 0.584. The number of aromatic nitrogens is 2. The van der Waals surface area contributed by atoms with E-state index in [0.29, 0.717) is 24.4 Å². The monoisotopic (exact) mass is 430 g/mol. The van der Waals surface area contributed by atoms with Crippen LogP contribution < -0.4 is 10.2 Å². The van der Waals surface area contributed by atoms with E-state index in [0.717, 1.165) is 28.8 Å². The molecule has 1 aromatic heterocycles. The molecule has 2 amide bonds. The van der Waals surface area contributed by atoms with Crippen LogP contribution in [-0.2, 0) is 4.79 Å². The van der Waals surface area contributed by atoms with Crippen molar-refractivity contribution in [2.75, 3.05) is 11.4 Å². The molecule has 1 fully saturated rings. The Morgan fingerprint density at radius 3 is 2.34 bits per heavy atom. The highest BCUT2D eigenvalue weighted by Gasteiger charge is 2.24. The molecule has 2 heterocycles. The van der Waals surface area contributed by atoms with Crippen LogP contribution >= 0.6 is 0 Å². The summed E-state index contributed by atoms with van der Waals surface area (Å²) in [7, 11) is 0. The molecule has 1 saturated heterocycles. The van der Waals surface area contributed by atoms with Gasteiger partial charge in [0.05, 0.1) is 6.04 Å². The predicted octanol–water partition coefficient (Wildman–Crippen LogP) is 5.01. The van der Waals surface area contributed by atoms with E-state index in [1.54, 1.807) is 23.4 Å². The number of benzene rings is 2. The SMILES string of the molecule is C.Cc1ccc(-c2cc(C(=O)N[C@H](C)c3cnc(C)nc3)cc(N3CCCC3=O)c2)cc1. The third-order valence-electron chi connectivity index (χ3n) is 5.60. The fourth-order valence-electron chi connectivity index (χ4n) is 3.72. The Bertz CT molecular complexity index is 1110. The summed E-state index contributed by atoms with van der Waals surface area (Å²) >= 11 is 0. The van der Waals surface area contributed by atoms with Crippen LogP contribution in [0.4, 0.5) is 5.69 Å². The second-order valence-corrected chi connectivity index (χ2v) is 8.04. The summed E-state index contributed by atoms with van der Waals surface area (Å²) in [5.41, 5.74) is 5.21. The predicted molar refractivity (Wildman–Crippen MR) is 128 cm³/mol. The first kappa shape index (κ1) is 23.1. The molecule has 1 aliphatic heterocycles. The molecule has 0 bridgehead atoms. The molecule has 6 heteroatoms. The van der Waals surface area contributed by atoms with Gasteiger partial charge in [-0.05, 0) is 56.5 Å². The molecule has 1 atom stereocenters. The number of hydrogen-bond donors (Lipinski definition) is 1. The van der Waals surface area contributed by atoms with Crippen LogP contribution in [0.1, 0.15) is 60.5 Å². The molecule has 4 rings (SSSR count). The molecule has 1 aliphatic rings. The molecule has 1 N–H and O–H groups in total. The maximum atomic E-state index is 13.1. The van der Waals surface area contributed by atoms with Crippen LogP contribution in [0.2, 0.25) is 0 Å². The number of amides is 2. The summed E-state index contributed by atoms with van der Waals surface area (Å²) in [6, 6.07) is 13.6. The highest BCUT2D eigenvalue weighted by atomic mass is 16.2. The fraction of sp³-hybridized carbons (Fsp3) is 0.308. The van der Waals surface area contributed by atoms with Crippen LogP contribution in [0, 0.1) is 13.8 Å². The number of nitrogens with zero attached hydrogens (tertiary/aromatic N) is 3. The molecule has 0 aliphatic carbocycles. The Balaban J connectivity index is 0.00000289. The highest BCUT2D eigenvalue weighted by Crippen LogP contribution is 2.30. The van der Waals surface area contributed by atoms with Gasteiger partial charge in [-0.15, -0.1) is 0 Å². The largest absolute Gasteiger partial charge is 0.345 e. The molecular weight excluding hydrogens is 400 g/mol. The topological polar surface area (TPSA) is 75.2 Å². The van der Waals surface area contributed by atoms with Gasteiger partial charge >= 0.3 is 0 Å². The van der Waals surface area contributed by atoms with Gasteiger partial charge in [0.1, 0.15) is 5.82 Å². The zero-order chi connectivity index (χ0) is 22.0. The molecule has 166 valence electrons. The Morgan fingerprint density at radius 2 is 1.72 bits per heavy atom. The van der Waals surface area contributed by atoms with Crippen molar-refractivity contribution >= 4 is 17.5 Å². The van der Waals surface area contributed by atoms with Crippen molar-refractivity contribution in [1.29, 1.82) is 0 Å². The smallest absolute Gasteiger partial charge is 0.251 e. The standard InChI is InChI=1S/C25H26N4O2.CH4/c1-16-6-8-19(9-7-16)20-11-21(13-23(12-20)29-10-4-5-24(29)30)25(31)28-17(2)22-14-26-18(3)27-15-22;/h6-9,11-15,17H,4-5,10H2,1-3H3,(H,28,31);1H4/t17-;/m1./s1. The number of anilines is 1. The molecule has 0 radical (unpaired) electrons. The van der Waals surface area contributed by atoms with E-state index in [-0.39, 0.29) is 25.3 Å². The van der Waals surface area contributed by atoms with Crippen LogP contribution in [0.15, 0.2) is 54.9 Å². The molecule has 0 spiro atoms. The lowest BCUT2D eigenvalue weighted by Crippen LogP contribution is -2.28. The third-order valence-corrected chi connectivity index (χ3v) is 5.60. The van der Waals surface area contributed by atoms with Gasteiger partial charge in [0, 0.05) is 42.2 Å². The van der Waals surface area contributed by atoms with Gasteiger partial charge in [-0.3, -0.25) is 9.59 Å². The van der Waals surface area contributed by atoms with Gasteiger partial charge in [-0.1, -0.05) is 37.3 Å². The summed E-state index contributed by atoms with van der Waals surface area (Å²) in [4.78, 5) is 35.7. The van der Waals surface area contributed by atoms with Gasteiger partial charge < -0.3 is 10.2 Å². The van der Waals surface area contributed by atoms with Gasteiger partial charge in [0.2, 0.25) is 5.91 Å². The van der Waals surface area contributed by atoms with E-state index in [1.165, 1.54) is 5.56 Å². The van der Waals surface area contributed by atoms with Crippen molar-refractivity contribution in [3.8, 4) is 11.1 Å². The van der Waals surface area contributed by atoms with Gasteiger partial charge in [0.15, 0.2) is 0 Å². The molecule has 32 heavy (non-hydrogen) atoms. The van der Waals surface area contributed by atoms with Gasteiger partial charge in [-0.2, -0.15) is 0 Å². The quantitative estimate of drug-likeness (QED) is 0.617. The molecule has 0 unspecified atom stereocenters. The van der Waals surface area contributed by atoms with Gasteiger partial charge in [0.25, 0.3) is 5.91 Å². The van der Waals surface area contributed by atoms with E-state index in [2.05, 4.69) is 15.3 Å². The van der Waals surface area contributed by atoms with E-state index in [9.17, 15) is 9.59 Å². The first-order chi connectivity index (χ1) is 14.9. The Morgan fingerprint density at radius 1 is 1.03 bits per heavy atom. The zero-order valence-electron chi connectivity index (χ0n) is 18.1. The number of aryl methyl sites for hydroxylation is 2. The Hall–Kier alpha value is -3.54.